The maximum Gasteiger partial charge on any atom is 0.316 e. The Morgan fingerprint density at radius 3 is 2.41 bits per heavy atom. The second kappa shape index (κ2) is 8.65. The van der Waals surface area contributed by atoms with Crippen molar-refractivity contribution >= 4 is 21.9 Å². The molecule has 0 aliphatic rings. The summed E-state index contributed by atoms with van der Waals surface area (Å²) in [5, 5.41) is 19.6. The minimum Gasteiger partial charge on any atom is -0.462 e. The fourth-order valence-corrected chi connectivity index (χ4v) is 2.68. The summed E-state index contributed by atoms with van der Waals surface area (Å²) in [7, 11) is 0. The lowest BCUT2D eigenvalue weighted by molar-refractivity contribution is -0.154. The molecule has 0 saturated heterocycles. The zero-order chi connectivity index (χ0) is 16.8. The number of halogens is 1. The Hall–Kier alpha value is -0.910. The van der Waals surface area contributed by atoms with Crippen molar-refractivity contribution in [3.05, 3.63) is 34.9 Å². The summed E-state index contributed by atoms with van der Waals surface area (Å²) < 4.78 is 5.43. The van der Waals surface area contributed by atoms with Crippen molar-refractivity contribution in [3.63, 3.8) is 0 Å². The van der Waals surface area contributed by atoms with Crippen LogP contribution < -0.4 is 0 Å². The van der Waals surface area contributed by atoms with E-state index in [0.717, 1.165) is 17.3 Å². The lowest BCUT2D eigenvalue weighted by Gasteiger charge is -2.29. The first kappa shape index (κ1) is 19.1. The van der Waals surface area contributed by atoms with Crippen LogP contribution in [-0.4, -0.2) is 27.6 Å². The van der Waals surface area contributed by atoms with E-state index in [1.54, 1.807) is 12.1 Å². The van der Waals surface area contributed by atoms with Crippen LogP contribution in [-0.2, 0) is 28.2 Å². The number of ether oxygens (including phenoxy) is 1. The summed E-state index contributed by atoms with van der Waals surface area (Å²) in [4.78, 5) is 12.6. The van der Waals surface area contributed by atoms with Gasteiger partial charge in [-0.05, 0) is 50.3 Å². The predicted octanol–water partition coefficient (Wildman–Crippen LogP) is 3.06. The summed E-state index contributed by atoms with van der Waals surface area (Å²) in [6.07, 6.45) is 1.30. The molecule has 0 aliphatic carbocycles. The number of esters is 1. The van der Waals surface area contributed by atoms with Gasteiger partial charge in [0.15, 0.2) is 0 Å². The largest absolute Gasteiger partial charge is 0.462 e. The van der Waals surface area contributed by atoms with Gasteiger partial charge in [0, 0.05) is 5.33 Å². The zero-order valence-electron chi connectivity index (χ0n) is 13.4. The zero-order valence-corrected chi connectivity index (χ0v) is 15.0. The molecule has 0 aliphatic heterocycles. The molecule has 0 spiro atoms. The van der Waals surface area contributed by atoms with Crippen LogP contribution in [0.15, 0.2) is 18.2 Å². The van der Waals surface area contributed by atoms with Crippen molar-refractivity contribution in [2.24, 2.45) is 0 Å². The Kier molecular flexibility index (Phi) is 7.53. The third-order valence-corrected chi connectivity index (χ3v) is 4.35. The van der Waals surface area contributed by atoms with Crippen molar-refractivity contribution in [1.82, 2.24) is 0 Å². The minimum absolute atomic E-state index is 0.134. The van der Waals surface area contributed by atoms with Crippen LogP contribution in [0.25, 0.3) is 0 Å². The van der Waals surface area contributed by atoms with E-state index < -0.39 is 5.41 Å². The molecule has 0 aromatic heterocycles. The number of carbonyl (C=O) groups is 1. The molecule has 1 aromatic carbocycles. The summed E-state index contributed by atoms with van der Waals surface area (Å²) in [5.41, 5.74) is 1.35. The summed E-state index contributed by atoms with van der Waals surface area (Å²) >= 11 is 3.40. The fourth-order valence-electron chi connectivity index (χ4n) is 2.40. The van der Waals surface area contributed by atoms with Crippen LogP contribution in [0.1, 0.15) is 50.3 Å². The average Bonchev–Trinajstić information content (AvgIpc) is 2.51. The number of aliphatic hydroxyl groups is 2. The van der Waals surface area contributed by atoms with Crippen LogP contribution in [0.4, 0.5) is 0 Å². The molecule has 2 N–H and O–H groups in total. The van der Waals surface area contributed by atoms with E-state index in [4.69, 9.17) is 4.74 Å². The minimum atomic E-state index is -0.768. The Morgan fingerprint density at radius 2 is 1.91 bits per heavy atom. The van der Waals surface area contributed by atoms with Crippen LogP contribution in [0.2, 0.25) is 0 Å². The Bertz CT molecular complexity index is 501. The molecule has 5 heteroatoms. The van der Waals surface area contributed by atoms with Gasteiger partial charge in [-0.1, -0.05) is 34.1 Å². The summed E-state index contributed by atoms with van der Waals surface area (Å²) in [6, 6.07) is 5.39. The molecule has 22 heavy (non-hydrogen) atoms. The first-order chi connectivity index (χ1) is 10.4. The smallest absolute Gasteiger partial charge is 0.316 e. The third kappa shape index (κ3) is 4.54. The van der Waals surface area contributed by atoms with Crippen molar-refractivity contribution in [2.45, 2.75) is 58.3 Å². The SMILES string of the molecule is CC(C)OC(=O)C(C)(CCCBr)c1ccc(CO)c(CO)c1. The Morgan fingerprint density at radius 1 is 1.27 bits per heavy atom. The van der Waals surface area contributed by atoms with Gasteiger partial charge in [-0.2, -0.15) is 0 Å². The number of carbonyl (C=O) groups excluding carboxylic acids is 1. The molecule has 0 amide bonds. The predicted molar refractivity (Wildman–Crippen MR) is 89.9 cm³/mol. The van der Waals surface area contributed by atoms with Gasteiger partial charge >= 0.3 is 5.97 Å². The number of hydrogen-bond acceptors (Lipinski definition) is 4. The lowest BCUT2D eigenvalue weighted by Crippen LogP contribution is -2.36. The summed E-state index contributed by atoms with van der Waals surface area (Å²) in [5.74, 6) is -0.260. The van der Waals surface area contributed by atoms with Crippen molar-refractivity contribution < 1.29 is 19.7 Å². The first-order valence-electron chi connectivity index (χ1n) is 7.50. The molecule has 124 valence electrons. The quantitative estimate of drug-likeness (QED) is 0.543. The molecular formula is C17H25BrO4. The molecule has 0 radical (unpaired) electrons. The molecule has 4 nitrogen and oxygen atoms in total. The van der Waals surface area contributed by atoms with Gasteiger partial charge < -0.3 is 14.9 Å². The van der Waals surface area contributed by atoms with Crippen LogP contribution in [0.3, 0.4) is 0 Å². The monoisotopic (exact) mass is 372 g/mol. The molecule has 1 rings (SSSR count). The maximum atomic E-state index is 12.6. The van der Waals surface area contributed by atoms with Gasteiger partial charge in [-0.15, -0.1) is 0 Å². The van der Waals surface area contributed by atoms with E-state index in [-0.39, 0.29) is 25.3 Å². The molecular weight excluding hydrogens is 348 g/mol. The molecule has 1 aromatic rings. The lowest BCUT2D eigenvalue weighted by atomic mass is 9.77. The summed E-state index contributed by atoms with van der Waals surface area (Å²) in [6.45, 7) is 5.23. The van der Waals surface area contributed by atoms with Crippen LogP contribution in [0.5, 0.6) is 0 Å². The van der Waals surface area contributed by atoms with Gasteiger partial charge in [-0.3, -0.25) is 4.79 Å². The van der Waals surface area contributed by atoms with E-state index in [1.807, 2.05) is 26.8 Å². The highest BCUT2D eigenvalue weighted by molar-refractivity contribution is 9.09. The molecule has 1 unspecified atom stereocenters. The second-order valence-electron chi connectivity index (χ2n) is 5.88. The topological polar surface area (TPSA) is 66.8 Å². The van der Waals surface area contributed by atoms with Crippen LogP contribution in [0, 0.1) is 0 Å². The third-order valence-electron chi connectivity index (χ3n) is 3.79. The van der Waals surface area contributed by atoms with Crippen molar-refractivity contribution in [2.75, 3.05) is 5.33 Å². The molecule has 0 fully saturated rings. The first-order valence-corrected chi connectivity index (χ1v) is 8.62. The highest BCUT2D eigenvalue weighted by Gasteiger charge is 2.37. The fraction of sp³-hybridized carbons (Fsp3) is 0.588. The Balaban J connectivity index is 3.23. The van der Waals surface area contributed by atoms with Crippen molar-refractivity contribution in [1.29, 1.82) is 0 Å². The highest BCUT2D eigenvalue weighted by atomic mass is 79.9. The van der Waals surface area contributed by atoms with Gasteiger partial charge in [-0.25, -0.2) is 0 Å². The number of alkyl halides is 1. The average molecular weight is 373 g/mol. The number of rotatable bonds is 8. The van der Waals surface area contributed by atoms with E-state index in [1.165, 1.54) is 0 Å². The molecule has 0 bridgehead atoms. The number of benzene rings is 1. The maximum absolute atomic E-state index is 12.6. The highest BCUT2D eigenvalue weighted by Crippen LogP contribution is 2.33. The van der Waals surface area contributed by atoms with E-state index in [0.29, 0.717) is 17.5 Å². The van der Waals surface area contributed by atoms with Crippen molar-refractivity contribution in [3.8, 4) is 0 Å². The van der Waals surface area contributed by atoms with Gasteiger partial charge in [0.2, 0.25) is 0 Å². The standard InChI is InChI=1S/C17H25BrO4/c1-12(2)22-16(21)17(3,7-4-8-18)15-6-5-13(10-19)14(9-15)11-20/h5-6,9,12,19-20H,4,7-8,10-11H2,1-3H3. The number of aliphatic hydroxyl groups excluding tert-OH is 2. The molecule has 0 saturated carbocycles. The normalized spacial score (nSPS) is 14.0. The van der Waals surface area contributed by atoms with E-state index in [9.17, 15) is 15.0 Å². The van der Waals surface area contributed by atoms with Gasteiger partial charge in [0.25, 0.3) is 0 Å². The Labute approximate surface area is 140 Å². The van der Waals surface area contributed by atoms with Crippen LogP contribution >= 0.6 is 15.9 Å². The van der Waals surface area contributed by atoms with E-state index in [2.05, 4.69) is 15.9 Å². The number of hydrogen-bond donors (Lipinski definition) is 2. The van der Waals surface area contributed by atoms with E-state index >= 15 is 0 Å². The molecule has 1 atom stereocenters. The second-order valence-corrected chi connectivity index (χ2v) is 6.67. The van der Waals surface area contributed by atoms with Gasteiger partial charge in [0.05, 0.1) is 24.7 Å². The molecule has 0 heterocycles. The van der Waals surface area contributed by atoms with Gasteiger partial charge in [0.1, 0.15) is 0 Å².